The molecule has 0 fully saturated rings. The second-order valence-corrected chi connectivity index (χ2v) is 15.9. The van der Waals surface area contributed by atoms with Crippen molar-refractivity contribution in [3.05, 3.63) is 247 Å². The van der Waals surface area contributed by atoms with Crippen LogP contribution in [-0.4, -0.2) is 0 Å². The van der Waals surface area contributed by atoms with Crippen molar-refractivity contribution in [1.29, 1.82) is 0 Å². The molecule has 0 spiro atoms. The number of thiophene rings is 1. The van der Waals surface area contributed by atoms with E-state index in [0.717, 1.165) is 17.1 Å². The lowest BCUT2D eigenvalue weighted by molar-refractivity contribution is 0.769. The molecule has 0 aliphatic heterocycles. The lowest BCUT2D eigenvalue weighted by atomic mass is 9.67. The fourth-order valence-corrected chi connectivity index (χ4v) is 10.4. The Morgan fingerprint density at radius 1 is 0.333 bits per heavy atom. The highest BCUT2D eigenvalue weighted by Gasteiger charge is 2.46. The quantitative estimate of drug-likeness (QED) is 0.157. The van der Waals surface area contributed by atoms with Crippen molar-refractivity contribution in [3.8, 4) is 33.4 Å². The molecular formula is C55H37NS. The monoisotopic (exact) mass is 743 g/mol. The summed E-state index contributed by atoms with van der Waals surface area (Å²) in [5.74, 6) is 0. The molecule has 0 radical (unpaired) electrons. The fourth-order valence-electron chi connectivity index (χ4n) is 9.22. The van der Waals surface area contributed by atoms with Crippen LogP contribution >= 0.6 is 11.3 Å². The first-order valence-electron chi connectivity index (χ1n) is 19.6. The van der Waals surface area contributed by atoms with Gasteiger partial charge in [-0.3, -0.25) is 0 Å². The maximum Gasteiger partial charge on any atom is 0.0713 e. The normalized spacial score (nSPS) is 12.7. The van der Waals surface area contributed by atoms with Crippen LogP contribution in [0.3, 0.4) is 0 Å². The highest BCUT2D eigenvalue weighted by atomic mass is 32.1. The Balaban J connectivity index is 1.11. The molecule has 0 saturated heterocycles. The number of nitrogens with zero attached hydrogens (tertiary/aromatic N) is 1. The van der Waals surface area contributed by atoms with Gasteiger partial charge in [0.15, 0.2) is 0 Å². The largest absolute Gasteiger partial charge is 0.311 e. The number of hydrogen-bond donors (Lipinski definition) is 0. The molecule has 1 nitrogen and oxygen atoms in total. The lowest BCUT2D eigenvalue weighted by Crippen LogP contribution is -2.28. The molecule has 268 valence electrons. The molecule has 1 aliphatic carbocycles. The highest BCUT2D eigenvalue weighted by Crippen LogP contribution is 2.57. The van der Waals surface area contributed by atoms with Gasteiger partial charge in [-0.1, -0.05) is 164 Å². The predicted octanol–water partition coefficient (Wildman–Crippen LogP) is 15.2. The zero-order chi connectivity index (χ0) is 37.8. The van der Waals surface area contributed by atoms with Crippen LogP contribution in [0, 0.1) is 0 Å². The van der Waals surface area contributed by atoms with Crippen LogP contribution in [0.4, 0.5) is 17.1 Å². The molecule has 0 atom stereocenters. The van der Waals surface area contributed by atoms with E-state index in [-0.39, 0.29) is 0 Å². The van der Waals surface area contributed by atoms with Crippen molar-refractivity contribution in [2.75, 3.05) is 4.90 Å². The van der Waals surface area contributed by atoms with E-state index in [1.807, 2.05) is 11.3 Å². The van der Waals surface area contributed by atoms with Crippen LogP contribution in [0.1, 0.15) is 22.3 Å². The van der Waals surface area contributed by atoms with E-state index < -0.39 is 5.41 Å². The number of fused-ring (bicyclic) bond motifs is 6. The molecule has 10 aromatic rings. The van der Waals surface area contributed by atoms with Crippen molar-refractivity contribution >= 4 is 48.6 Å². The van der Waals surface area contributed by atoms with Gasteiger partial charge in [0.2, 0.25) is 0 Å². The maximum absolute atomic E-state index is 2.48. The summed E-state index contributed by atoms with van der Waals surface area (Å²) >= 11 is 1.89. The van der Waals surface area contributed by atoms with Gasteiger partial charge in [-0.05, 0) is 111 Å². The van der Waals surface area contributed by atoms with Crippen molar-refractivity contribution in [1.82, 2.24) is 0 Å². The summed E-state index contributed by atoms with van der Waals surface area (Å²) in [4.78, 5) is 2.32. The third-order valence-electron chi connectivity index (χ3n) is 11.7. The zero-order valence-electron chi connectivity index (χ0n) is 31.2. The molecule has 1 heterocycles. The van der Waals surface area contributed by atoms with Crippen LogP contribution in [-0.2, 0) is 5.41 Å². The molecule has 2 heteroatoms. The first-order chi connectivity index (χ1) is 28.3. The first-order valence-corrected chi connectivity index (χ1v) is 20.4. The number of para-hydroxylation sites is 2. The van der Waals surface area contributed by atoms with E-state index in [4.69, 9.17) is 0 Å². The van der Waals surface area contributed by atoms with Gasteiger partial charge in [-0.15, -0.1) is 11.3 Å². The molecule has 0 N–H and O–H groups in total. The minimum atomic E-state index is -0.453. The highest BCUT2D eigenvalue weighted by molar-refractivity contribution is 7.26. The summed E-state index contributed by atoms with van der Waals surface area (Å²) in [6.07, 6.45) is 0. The number of rotatable bonds is 7. The number of anilines is 3. The molecule has 0 amide bonds. The summed E-state index contributed by atoms with van der Waals surface area (Å²) < 4.78 is 2.62. The Kier molecular flexibility index (Phi) is 7.98. The Labute approximate surface area is 337 Å². The van der Waals surface area contributed by atoms with Gasteiger partial charge in [0.05, 0.1) is 5.41 Å². The second-order valence-electron chi connectivity index (χ2n) is 14.8. The molecule has 11 rings (SSSR count). The molecule has 0 unspecified atom stereocenters. The average Bonchev–Trinajstić information content (AvgIpc) is 3.81. The summed E-state index contributed by atoms with van der Waals surface area (Å²) in [6, 6.07) is 82.4. The lowest BCUT2D eigenvalue weighted by Gasteiger charge is -2.34. The predicted molar refractivity (Wildman–Crippen MR) is 242 cm³/mol. The van der Waals surface area contributed by atoms with E-state index in [1.54, 1.807) is 0 Å². The van der Waals surface area contributed by atoms with E-state index in [0.29, 0.717) is 0 Å². The SMILES string of the molecule is c1ccc(N(c2ccccc2)c2ccc(-c3cc(-c4ccc5c(c4)C(c4ccccc4)(c4ccccc4)c4ccccc4-5)cc4c3sc3ccccc34)cc2)cc1. The molecule has 1 aliphatic rings. The minimum Gasteiger partial charge on any atom is -0.311 e. The Bertz CT molecular complexity index is 2960. The summed E-state index contributed by atoms with van der Waals surface area (Å²) in [5.41, 5.74) is 15.6. The van der Waals surface area contributed by atoms with E-state index in [9.17, 15) is 0 Å². The van der Waals surface area contributed by atoms with Crippen molar-refractivity contribution in [2.45, 2.75) is 5.41 Å². The van der Waals surface area contributed by atoms with Crippen molar-refractivity contribution < 1.29 is 0 Å². The number of hydrogen-bond acceptors (Lipinski definition) is 2. The van der Waals surface area contributed by atoms with Gasteiger partial charge in [0.25, 0.3) is 0 Å². The van der Waals surface area contributed by atoms with Gasteiger partial charge in [-0.25, -0.2) is 0 Å². The third-order valence-corrected chi connectivity index (χ3v) is 13.0. The number of benzene rings is 9. The van der Waals surface area contributed by atoms with Crippen LogP contribution < -0.4 is 4.90 Å². The van der Waals surface area contributed by atoms with Gasteiger partial charge in [-0.2, -0.15) is 0 Å². The molecule has 0 saturated carbocycles. The Morgan fingerprint density at radius 3 is 1.53 bits per heavy atom. The topological polar surface area (TPSA) is 3.24 Å². The Morgan fingerprint density at radius 2 is 0.860 bits per heavy atom. The molecule has 9 aromatic carbocycles. The maximum atomic E-state index is 2.48. The molecular weight excluding hydrogens is 707 g/mol. The Hall–Kier alpha value is -7.00. The second kappa shape index (κ2) is 13.6. The average molecular weight is 744 g/mol. The van der Waals surface area contributed by atoms with E-state index in [2.05, 4.69) is 229 Å². The minimum absolute atomic E-state index is 0.453. The van der Waals surface area contributed by atoms with Gasteiger partial charge >= 0.3 is 0 Å². The third kappa shape index (κ3) is 5.37. The molecule has 0 bridgehead atoms. The van der Waals surface area contributed by atoms with Crippen LogP contribution in [0.5, 0.6) is 0 Å². The van der Waals surface area contributed by atoms with E-state index in [1.165, 1.54) is 75.8 Å². The van der Waals surface area contributed by atoms with Crippen molar-refractivity contribution in [3.63, 3.8) is 0 Å². The van der Waals surface area contributed by atoms with Crippen molar-refractivity contribution in [2.24, 2.45) is 0 Å². The molecule has 57 heavy (non-hydrogen) atoms. The smallest absolute Gasteiger partial charge is 0.0713 e. The van der Waals surface area contributed by atoms with Crippen LogP contribution in [0.15, 0.2) is 224 Å². The summed E-state index contributed by atoms with van der Waals surface area (Å²) in [5, 5.41) is 2.59. The van der Waals surface area contributed by atoms with E-state index >= 15 is 0 Å². The summed E-state index contributed by atoms with van der Waals surface area (Å²) in [6.45, 7) is 0. The summed E-state index contributed by atoms with van der Waals surface area (Å²) in [7, 11) is 0. The first kappa shape index (κ1) is 33.3. The van der Waals surface area contributed by atoms with Crippen LogP contribution in [0.25, 0.3) is 53.6 Å². The standard InChI is InChI=1S/C55H37NS/c1-5-17-41(18-6-1)55(42-19-7-2-8-20-42)51-27-15-13-25-46(51)47-34-31-39(37-52(47)55)40-35-49(54-50(36-40)48-26-14-16-28-53(48)57-54)38-29-32-45(33-30-38)56(43-21-9-3-10-22-43)44-23-11-4-12-24-44/h1-37H. The van der Waals surface area contributed by atoms with Gasteiger partial charge in [0.1, 0.15) is 0 Å². The van der Waals surface area contributed by atoms with Gasteiger partial charge < -0.3 is 4.90 Å². The van der Waals surface area contributed by atoms with Crippen LogP contribution in [0.2, 0.25) is 0 Å². The van der Waals surface area contributed by atoms with Gasteiger partial charge in [0, 0.05) is 42.8 Å². The fraction of sp³-hybridized carbons (Fsp3) is 0.0182. The molecule has 1 aromatic heterocycles. The zero-order valence-corrected chi connectivity index (χ0v) is 32.0.